The van der Waals surface area contributed by atoms with Gasteiger partial charge in [-0.25, -0.2) is 13.8 Å². The van der Waals surface area contributed by atoms with E-state index in [1.165, 1.54) is 6.07 Å². The van der Waals surface area contributed by atoms with Crippen LogP contribution in [0.25, 0.3) is 0 Å². The van der Waals surface area contributed by atoms with Gasteiger partial charge >= 0.3 is 0 Å². The first-order valence-electron chi connectivity index (χ1n) is 4.33. The second-order valence-corrected chi connectivity index (χ2v) is 3.06. The largest absolute Gasteiger partial charge is 0.390 e. The first kappa shape index (κ1) is 12.4. The molecular weight excluding hydrogens is 225 g/mol. The Balaban J connectivity index is 2.60. The van der Waals surface area contributed by atoms with Gasteiger partial charge in [0.25, 0.3) is 11.8 Å². The molecule has 0 spiro atoms. The number of rotatable bonds is 4. The number of carbonyl (C=O) groups excluding carboxylic acids is 1. The number of hydrogen-bond donors (Lipinski definition) is 2. The predicted octanol–water partition coefficient (Wildman–Crippen LogP) is 0.578. The third kappa shape index (κ3) is 3.50. The fraction of sp³-hybridized carbons (Fsp3) is 0.333. The van der Waals surface area contributed by atoms with E-state index >= 15 is 0 Å². The minimum Gasteiger partial charge on any atom is -0.390 e. The van der Waals surface area contributed by atoms with Crippen LogP contribution in [0.5, 0.6) is 0 Å². The fourth-order valence-corrected chi connectivity index (χ4v) is 0.911. The summed E-state index contributed by atoms with van der Waals surface area (Å²) in [4.78, 5) is 14.5. The van der Waals surface area contributed by atoms with Gasteiger partial charge in [0.1, 0.15) is 6.61 Å². The number of hydrogen-bond acceptors (Lipinski definition) is 3. The number of aliphatic hydroxyl groups excluding tert-OH is 1. The summed E-state index contributed by atoms with van der Waals surface area (Å²) in [6, 6.07) is 2.02. The van der Waals surface area contributed by atoms with Crippen molar-refractivity contribution < 1.29 is 23.1 Å². The minimum atomic E-state index is -3.39. The summed E-state index contributed by atoms with van der Waals surface area (Å²) >= 11 is 0. The lowest BCUT2D eigenvalue weighted by Gasteiger charge is -2.13. The lowest BCUT2D eigenvalue weighted by molar-refractivity contribution is -0.0462. The maximum atomic E-state index is 12.6. The van der Waals surface area contributed by atoms with Crippen molar-refractivity contribution in [3.63, 3.8) is 0 Å². The summed E-state index contributed by atoms with van der Waals surface area (Å²) in [5.74, 6) is -5.11. The first-order chi connectivity index (χ1) is 7.44. The lowest BCUT2D eigenvalue weighted by Crippen LogP contribution is -2.39. The summed E-state index contributed by atoms with van der Waals surface area (Å²) in [5, 5.41) is 10.1. The van der Waals surface area contributed by atoms with E-state index in [4.69, 9.17) is 5.11 Å². The molecule has 4 nitrogen and oxygen atoms in total. The zero-order valence-electron chi connectivity index (χ0n) is 8.08. The van der Waals surface area contributed by atoms with Crippen molar-refractivity contribution in [1.82, 2.24) is 10.3 Å². The molecule has 0 atom stereocenters. The van der Waals surface area contributed by atoms with E-state index in [2.05, 4.69) is 4.98 Å². The maximum absolute atomic E-state index is 12.6. The smallest absolute Gasteiger partial charge is 0.287 e. The Bertz CT molecular complexity index is 385. The molecule has 0 radical (unpaired) electrons. The van der Waals surface area contributed by atoms with Crippen LogP contribution in [-0.4, -0.2) is 35.1 Å². The molecule has 2 N–H and O–H groups in total. The van der Waals surface area contributed by atoms with Crippen molar-refractivity contribution in [2.75, 3.05) is 13.2 Å². The first-order valence-corrected chi connectivity index (χ1v) is 4.33. The number of nitrogens with zero attached hydrogens (tertiary/aromatic N) is 1. The summed E-state index contributed by atoms with van der Waals surface area (Å²) in [5.41, 5.74) is -0.110. The molecular formula is C9H9F3N2O2. The van der Waals surface area contributed by atoms with Crippen LogP contribution < -0.4 is 5.32 Å². The van der Waals surface area contributed by atoms with E-state index in [-0.39, 0.29) is 5.56 Å². The molecule has 0 saturated carbocycles. The van der Waals surface area contributed by atoms with Gasteiger partial charge in [0.2, 0.25) is 5.95 Å². The van der Waals surface area contributed by atoms with Gasteiger partial charge in [-0.2, -0.15) is 4.39 Å². The number of aromatic nitrogens is 1. The van der Waals surface area contributed by atoms with Gasteiger partial charge in [-0.05, 0) is 6.07 Å². The van der Waals surface area contributed by atoms with Crippen LogP contribution >= 0.6 is 0 Å². The zero-order chi connectivity index (χ0) is 12.2. The minimum absolute atomic E-state index is 0.110. The Morgan fingerprint density at radius 3 is 2.81 bits per heavy atom. The number of pyridine rings is 1. The van der Waals surface area contributed by atoms with E-state index in [9.17, 15) is 18.0 Å². The molecule has 0 aromatic carbocycles. The summed E-state index contributed by atoms with van der Waals surface area (Å²) in [6.07, 6.45) is 1.05. The highest BCUT2D eigenvalue weighted by Gasteiger charge is 2.28. The number of nitrogens with one attached hydrogen (secondary N) is 1. The number of carbonyl (C=O) groups is 1. The van der Waals surface area contributed by atoms with Gasteiger partial charge in [0.05, 0.1) is 6.54 Å². The Kier molecular flexibility index (Phi) is 3.83. The molecule has 0 fully saturated rings. The molecule has 0 aliphatic carbocycles. The van der Waals surface area contributed by atoms with Crippen LogP contribution in [0.1, 0.15) is 10.4 Å². The van der Waals surface area contributed by atoms with Crippen molar-refractivity contribution in [3.05, 3.63) is 29.8 Å². The van der Waals surface area contributed by atoms with Crippen molar-refractivity contribution in [1.29, 1.82) is 0 Å². The normalized spacial score (nSPS) is 11.2. The van der Waals surface area contributed by atoms with E-state index in [1.54, 1.807) is 0 Å². The molecule has 1 heterocycles. The molecule has 0 saturated heterocycles. The quantitative estimate of drug-likeness (QED) is 0.749. The fourth-order valence-electron chi connectivity index (χ4n) is 0.911. The second kappa shape index (κ2) is 4.93. The van der Waals surface area contributed by atoms with Gasteiger partial charge in [0, 0.05) is 17.8 Å². The SMILES string of the molecule is O=C(NCC(F)(F)CO)c1ccnc(F)c1. The maximum Gasteiger partial charge on any atom is 0.287 e. The molecule has 0 bridgehead atoms. The molecule has 1 aromatic heterocycles. The van der Waals surface area contributed by atoms with E-state index in [1.807, 2.05) is 5.32 Å². The molecule has 7 heteroatoms. The average molecular weight is 234 g/mol. The highest BCUT2D eigenvalue weighted by atomic mass is 19.3. The molecule has 1 amide bonds. The molecule has 1 rings (SSSR count). The molecule has 88 valence electrons. The van der Waals surface area contributed by atoms with E-state index in [0.717, 1.165) is 12.3 Å². The number of alkyl halides is 2. The van der Waals surface area contributed by atoms with Crippen LogP contribution in [0.15, 0.2) is 18.3 Å². The molecule has 0 aliphatic rings. The molecule has 0 unspecified atom stereocenters. The molecule has 16 heavy (non-hydrogen) atoms. The van der Waals surface area contributed by atoms with Crippen molar-refractivity contribution in [2.24, 2.45) is 0 Å². The van der Waals surface area contributed by atoms with Crippen molar-refractivity contribution >= 4 is 5.91 Å². The summed E-state index contributed by atoms with van der Waals surface area (Å²) in [6.45, 7) is -2.37. The van der Waals surface area contributed by atoms with Gasteiger partial charge in [-0.15, -0.1) is 0 Å². The van der Waals surface area contributed by atoms with Crippen LogP contribution in [0.4, 0.5) is 13.2 Å². The highest BCUT2D eigenvalue weighted by Crippen LogP contribution is 2.10. The predicted molar refractivity (Wildman–Crippen MR) is 48.6 cm³/mol. The van der Waals surface area contributed by atoms with Crippen LogP contribution in [-0.2, 0) is 0 Å². The Hall–Kier alpha value is -1.63. The Morgan fingerprint density at radius 1 is 1.56 bits per heavy atom. The van der Waals surface area contributed by atoms with Gasteiger partial charge in [0.15, 0.2) is 0 Å². The Labute approximate surface area is 89.1 Å². The lowest BCUT2D eigenvalue weighted by atomic mass is 10.2. The van der Waals surface area contributed by atoms with E-state index in [0.29, 0.717) is 0 Å². The van der Waals surface area contributed by atoms with Gasteiger partial charge < -0.3 is 10.4 Å². The topological polar surface area (TPSA) is 62.2 Å². The standard InChI is InChI=1S/C9H9F3N2O2/c10-7-3-6(1-2-13-7)8(16)14-4-9(11,12)5-15/h1-3,15H,4-5H2,(H,14,16). The van der Waals surface area contributed by atoms with E-state index < -0.39 is 30.9 Å². The monoisotopic (exact) mass is 234 g/mol. The number of amides is 1. The zero-order valence-corrected chi connectivity index (χ0v) is 8.08. The number of halogens is 3. The Morgan fingerprint density at radius 2 is 2.25 bits per heavy atom. The highest BCUT2D eigenvalue weighted by molar-refractivity contribution is 5.94. The molecule has 1 aromatic rings. The summed E-state index contributed by atoms with van der Waals surface area (Å²) < 4.78 is 37.7. The molecule has 0 aliphatic heterocycles. The second-order valence-electron chi connectivity index (χ2n) is 3.06. The summed E-state index contributed by atoms with van der Waals surface area (Å²) in [7, 11) is 0. The van der Waals surface area contributed by atoms with Crippen LogP contribution in [0.3, 0.4) is 0 Å². The average Bonchev–Trinajstić information content (AvgIpc) is 2.26. The van der Waals surface area contributed by atoms with Crippen LogP contribution in [0, 0.1) is 5.95 Å². The third-order valence-electron chi connectivity index (χ3n) is 1.73. The van der Waals surface area contributed by atoms with Gasteiger partial charge in [-0.1, -0.05) is 0 Å². The van der Waals surface area contributed by atoms with Crippen molar-refractivity contribution in [2.45, 2.75) is 5.92 Å². The third-order valence-corrected chi connectivity index (χ3v) is 1.73. The van der Waals surface area contributed by atoms with Crippen molar-refractivity contribution in [3.8, 4) is 0 Å². The van der Waals surface area contributed by atoms with Crippen LogP contribution in [0.2, 0.25) is 0 Å². The van der Waals surface area contributed by atoms with Gasteiger partial charge in [-0.3, -0.25) is 4.79 Å². The number of aliphatic hydroxyl groups is 1.